The second-order valence-electron chi connectivity index (χ2n) is 4.73. The molecule has 0 fully saturated rings. The van der Waals surface area contributed by atoms with Crippen molar-refractivity contribution >= 4 is 17.8 Å². The number of nitrogens with one attached hydrogen (secondary N) is 1. The quantitative estimate of drug-likeness (QED) is 0.474. The SMILES string of the molecule is CCn1cc([N+](=O)[O-])c(C(=O)NN=Cc2ccn(CC(F)(F)F)n2)n1. The van der Waals surface area contributed by atoms with Crippen LogP contribution in [0, 0.1) is 10.1 Å². The fourth-order valence-corrected chi connectivity index (χ4v) is 1.80. The second-order valence-corrected chi connectivity index (χ2v) is 4.73. The van der Waals surface area contributed by atoms with Crippen molar-refractivity contribution in [3.05, 3.63) is 40.0 Å². The fourth-order valence-electron chi connectivity index (χ4n) is 1.80. The molecule has 2 rings (SSSR count). The van der Waals surface area contributed by atoms with Crippen LogP contribution in [0.5, 0.6) is 0 Å². The fraction of sp³-hybridized carbons (Fsp3) is 0.333. The van der Waals surface area contributed by atoms with Crippen molar-refractivity contribution in [1.82, 2.24) is 25.0 Å². The van der Waals surface area contributed by atoms with Gasteiger partial charge in [0.25, 0.3) is 5.91 Å². The minimum absolute atomic E-state index is 0.0677. The molecule has 2 aromatic heterocycles. The number of aromatic nitrogens is 4. The number of aryl methyl sites for hydroxylation is 1. The van der Waals surface area contributed by atoms with Crippen LogP contribution >= 0.6 is 0 Å². The summed E-state index contributed by atoms with van der Waals surface area (Å²) in [4.78, 5) is 22.0. The first-order valence-electron chi connectivity index (χ1n) is 6.85. The van der Waals surface area contributed by atoms with E-state index < -0.39 is 34.9 Å². The summed E-state index contributed by atoms with van der Waals surface area (Å²) < 4.78 is 38.5. The Labute approximate surface area is 138 Å². The maximum Gasteiger partial charge on any atom is 0.408 e. The molecule has 1 N–H and O–H groups in total. The van der Waals surface area contributed by atoms with Gasteiger partial charge in [0.05, 0.1) is 11.1 Å². The molecule has 0 bridgehead atoms. The summed E-state index contributed by atoms with van der Waals surface area (Å²) in [6.07, 6.45) is -1.19. The maximum atomic E-state index is 12.2. The van der Waals surface area contributed by atoms with Crippen LogP contribution in [0.15, 0.2) is 23.6 Å². The molecule has 0 aliphatic heterocycles. The van der Waals surface area contributed by atoms with Crippen LogP contribution in [-0.4, -0.2) is 42.8 Å². The first kappa shape index (κ1) is 18.1. The van der Waals surface area contributed by atoms with E-state index in [0.29, 0.717) is 11.2 Å². The molecule has 1 amide bonds. The molecule has 0 radical (unpaired) electrons. The van der Waals surface area contributed by atoms with E-state index in [-0.39, 0.29) is 5.69 Å². The number of hydrogen-bond donors (Lipinski definition) is 1. The summed E-state index contributed by atoms with van der Waals surface area (Å²) in [5.41, 5.74) is 1.18. The highest BCUT2D eigenvalue weighted by atomic mass is 19.4. The highest BCUT2D eigenvalue weighted by Crippen LogP contribution is 2.17. The van der Waals surface area contributed by atoms with Gasteiger partial charge in [0.15, 0.2) is 0 Å². The van der Waals surface area contributed by atoms with Gasteiger partial charge in [0, 0.05) is 12.7 Å². The Bertz CT molecular complexity index is 809. The third-order valence-electron chi connectivity index (χ3n) is 2.84. The average molecular weight is 359 g/mol. The van der Waals surface area contributed by atoms with Crippen LogP contribution in [0.4, 0.5) is 18.9 Å². The van der Waals surface area contributed by atoms with E-state index in [2.05, 4.69) is 15.3 Å². The molecule has 0 unspecified atom stereocenters. The monoisotopic (exact) mass is 359 g/mol. The number of amides is 1. The first-order chi connectivity index (χ1) is 11.7. The summed E-state index contributed by atoms with van der Waals surface area (Å²) in [6, 6.07) is 1.26. The van der Waals surface area contributed by atoms with E-state index in [1.807, 2.05) is 5.43 Å². The summed E-state index contributed by atoms with van der Waals surface area (Å²) in [5.74, 6) is -0.926. The van der Waals surface area contributed by atoms with Crippen LogP contribution in [0.1, 0.15) is 23.1 Å². The van der Waals surface area contributed by atoms with Gasteiger partial charge in [-0.25, -0.2) is 5.43 Å². The smallest absolute Gasteiger partial charge is 0.265 e. The lowest BCUT2D eigenvalue weighted by Crippen LogP contribution is -2.20. The Morgan fingerprint density at radius 3 is 2.76 bits per heavy atom. The van der Waals surface area contributed by atoms with Gasteiger partial charge in [0.2, 0.25) is 5.69 Å². The van der Waals surface area contributed by atoms with Crippen molar-refractivity contribution in [2.75, 3.05) is 0 Å². The summed E-state index contributed by atoms with van der Waals surface area (Å²) in [5, 5.41) is 21.8. The molecule has 0 saturated heterocycles. The largest absolute Gasteiger partial charge is 0.408 e. The van der Waals surface area contributed by atoms with Gasteiger partial charge in [-0.15, -0.1) is 0 Å². The number of carbonyl (C=O) groups excluding carboxylic acids is 1. The Balaban J connectivity index is 2.04. The van der Waals surface area contributed by atoms with Gasteiger partial charge in [-0.1, -0.05) is 0 Å². The molecular weight excluding hydrogens is 347 g/mol. The van der Waals surface area contributed by atoms with Gasteiger partial charge >= 0.3 is 11.9 Å². The molecule has 10 nitrogen and oxygen atoms in total. The normalized spacial score (nSPS) is 11.8. The van der Waals surface area contributed by atoms with E-state index >= 15 is 0 Å². The van der Waals surface area contributed by atoms with Gasteiger partial charge in [-0.05, 0) is 13.0 Å². The van der Waals surface area contributed by atoms with Crippen molar-refractivity contribution in [3.8, 4) is 0 Å². The van der Waals surface area contributed by atoms with Crippen LogP contribution in [0.3, 0.4) is 0 Å². The number of halogens is 3. The Morgan fingerprint density at radius 1 is 1.44 bits per heavy atom. The van der Waals surface area contributed by atoms with Gasteiger partial charge in [-0.2, -0.15) is 28.5 Å². The lowest BCUT2D eigenvalue weighted by Gasteiger charge is -2.04. The molecule has 0 atom stereocenters. The zero-order valence-electron chi connectivity index (χ0n) is 12.8. The van der Waals surface area contributed by atoms with Crippen molar-refractivity contribution in [1.29, 1.82) is 0 Å². The van der Waals surface area contributed by atoms with Gasteiger partial charge < -0.3 is 0 Å². The number of nitrogens with zero attached hydrogens (tertiary/aromatic N) is 6. The molecule has 13 heteroatoms. The molecule has 0 saturated carbocycles. The second kappa shape index (κ2) is 7.11. The molecule has 2 aromatic rings. The molecule has 2 heterocycles. The maximum absolute atomic E-state index is 12.2. The highest BCUT2D eigenvalue weighted by molar-refractivity contribution is 5.96. The molecule has 134 valence electrons. The van der Waals surface area contributed by atoms with E-state index in [1.54, 1.807) is 6.92 Å². The van der Waals surface area contributed by atoms with Gasteiger partial charge in [0.1, 0.15) is 18.4 Å². The number of rotatable bonds is 6. The Hall–Kier alpha value is -3.25. The van der Waals surface area contributed by atoms with Crippen LogP contribution in [0.2, 0.25) is 0 Å². The van der Waals surface area contributed by atoms with E-state index in [0.717, 1.165) is 18.6 Å². The predicted octanol–water partition coefficient (Wildman–Crippen LogP) is 1.33. The Morgan fingerprint density at radius 2 is 2.16 bits per heavy atom. The van der Waals surface area contributed by atoms with Crippen LogP contribution < -0.4 is 5.43 Å². The third-order valence-corrected chi connectivity index (χ3v) is 2.84. The molecular formula is C12H12F3N7O3. The van der Waals surface area contributed by atoms with E-state index in [9.17, 15) is 28.1 Å². The summed E-state index contributed by atoms with van der Waals surface area (Å²) in [6.45, 7) is 0.760. The van der Waals surface area contributed by atoms with Crippen LogP contribution in [-0.2, 0) is 13.1 Å². The Kier molecular flexibility index (Phi) is 5.14. The van der Waals surface area contributed by atoms with Gasteiger partial charge in [-0.3, -0.25) is 24.3 Å². The molecule has 25 heavy (non-hydrogen) atoms. The highest BCUT2D eigenvalue weighted by Gasteiger charge is 2.28. The number of hydrogen-bond acceptors (Lipinski definition) is 6. The van der Waals surface area contributed by atoms with E-state index in [4.69, 9.17) is 0 Å². The van der Waals surface area contributed by atoms with Crippen molar-refractivity contribution in [2.45, 2.75) is 26.2 Å². The zero-order valence-corrected chi connectivity index (χ0v) is 12.8. The van der Waals surface area contributed by atoms with Crippen molar-refractivity contribution < 1.29 is 22.9 Å². The number of nitro groups is 1. The summed E-state index contributed by atoms with van der Waals surface area (Å²) >= 11 is 0. The van der Waals surface area contributed by atoms with E-state index in [1.165, 1.54) is 10.7 Å². The minimum atomic E-state index is -4.41. The lowest BCUT2D eigenvalue weighted by molar-refractivity contribution is -0.385. The van der Waals surface area contributed by atoms with Crippen molar-refractivity contribution in [2.24, 2.45) is 5.10 Å². The standard InChI is InChI=1S/C12H12F3N7O3/c1-2-20-6-9(22(24)25)10(19-20)11(23)17-16-5-8-3-4-21(18-8)7-12(13,14)15/h3-6H,2,7H2,1H3,(H,17,23). The topological polar surface area (TPSA) is 120 Å². The average Bonchev–Trinajstić information content (AvgIpc) is 3.12. The lowest BCUT2D eigenvalue weighted by atomic mass is 10.3. The third kappa shape index (κ3) is 4.86. The minimum Gasteiger partial charge on any atom is -0.265 e. The number of hydrazone groups is 1. The predicted molar refractivity (Wildman–Crippen MR) is 77.9 cm³/mol. The van der Waals surface area contributed by atoms with Crippen LogP contribution in [0.25, 0.3) is 0 Å². The molecule has 0 spiro atoms. The first-order valence-corrected chi connectivity index (χ1v) is 6.85. The molecule has 0 aromatic carbocycles. The summed E-state index contributed by atoms with van der Waals surface area (Å²) in [7, 11) is 0. The van der Waals surface area contributed by atoms with Crippen molar-refractivity contribution in [3.63, 3.8) is 0 Å². The molecule has 0 aliphatic carbocycles. The zero-order chi connectivity index (χ0) is 18.6. The molecule has 0 aliphatic rings. The number of carbonyl (C=O) groups is 1. The number of alkyl halides is 3.